The van der Waals surface area contributed by atoms with Crippen LogP contribution in [0.25, 0.3) is 5.52 Å². The molecular weight excluding hydrogens is 256 g/mol. The van der Waals surface area contributed by atoms with Crippen LogP contribution >= 0.6 is 0 Å². The van der Waals surface area contributed by atoms with Crippen molar-refractivity contribution in [3.8, 4) is 5.75 Å². The molecule has 0 unspecified atom stereocenters. The lowest BCUT2D eigenvalue weighted by molar-refractivity contribution is 0.102. The average molecular weight is 268 g/mol. The molecule has 0 radical (unpaired) electrons. The number of nitrogens with one attached hydrogen (secondary N) is 1. The minimum atomic E-state index is -0.295. The molecule has 6 nitrogen and oxygen atoms in total. The van der Waals surface area contributed by atoms with E-state index in [4.69, 9.17) is 0 Å². The summed E-state index contributed by atoms with van der Waals surface area (Å²) in [6.45, 7) is 1.79. The third-order valence-electron chi connectivity index (χ3n) is 3.04. The van der Waals surface area contributed by atoms with Gasteiger partial charge in [0, 0.05) is 24.1 Å². The van der Waals surface area contributed by atoms with Crippen molar-refractivity contribution in [2.45, 2.75) is 6.92 Å². The van der Waals surface area contributed by atoms with Gasteiger partial charge in [0.15, 0.2) is 0 Å². The Balaban J connectivity index is 1.91. The molecule has 3 rings (SSSR count). The lowest BCUT2D eigenvalue weighted by Crippen LogP contribution is -2.11. The summed E-state index contributed by atoms with van der Waals surface area (Å²) in [6, 6.07) is 4.98. The van der Waals surface area contributed by atoms with Crippen LogP contribution in [0, 0.1) is 6.92 Å². The molecule has 1 aromatic carbocycles. The second kappa shape index (κ2) is 4.65. The van der Waals surface area contributed by atoms with E-state index in [9.17, 15) is 9.90 Å². The van der Waals surface area contributed by atoms with Crippen LogP contribution in [0.1, 0.15) is 15.9 Å². The molecule has 3 aromatic rings. The first-order valence-corrected chi connectivity index (χ1v) is 6.03. The number of benzene rings is 1. The van der Waals surface area contributed by atoms with Crippen molar-refractivity contribution >= 4 is 17.1 Å². The number of aryl methyl sites for hydroxylation is 1. The molecule has 0 saturated heterocycles. The van der Waals surface area contributed by atoms with E-state index in [0.717, 1.165) is 5.56 Å². The predicted octanol–water partition coefficient (Wildman–Crippen LogP) is 2.00. The largest absolute Gasteiger partial charge is 0.508 e. The maximum atomic E-state index is 12.2. The van der Waals surface area contributed by atoms with Crippen molar-refractivity contribution in [2.24, 2.45) is 0 Å². The van der Waals surface area contributed by atoms with Gasteiger partial charge in [-0.2, -0.15) is 5.10 Å². The highest BCUT2D eigenvalue weighted by atomic mass is 16.3. The fraction of sp³-hybridized carbons (Fsp3) is 0.0714. The number of nitrogens with zero attached hydrogens (tertiary/aromatic N) is 3. The smallest absolute Gasteiger partial charge is 0.259 e. The Hall–Kier alpha value is -2.89. The van der Waals surface area contributed by atoms with Crippen LogP contribution in [-0.4, -0.2) is 25.6 Å². The van der Waals surface area contributed by atoms with Gasteiger partial charge in [-0.05, 0) is 18.6 Å². The zero-order chi connectivity index (χ0) is 14.1. The quantitative estimate of drug-likeness (QED) is 0.745. The molecule has 0 spiro atoms. The number of anilines is 1. The summed E-state index contributed by atoms with van der Waals surface area (Å²) in [4.78, 5) is 16.2. The van der Waals surface area contributed by atoms with E-state index in [0.29, 0.717) is 16.8 Å². The van der Waals surface area contributed by atoms with Crippen molar-refractivity contribution < 1.29 is 9.90 Å². The van der Waals surface area contributed by atoms with Crippen molar-refractivity contribution in [1.29, 1.82) is 0 Å². The molecule has 2 N–H and O–H groups in total. The normalized spacial score (nSPS) is 10.7. The van der Waals surface area contributed by atoms with Crippen LogP contribution in [0.2, 0.25) is 0 Å². The standard InChI is InChI=1S/C14H12N4O2/c1-9-2-3-10(6-13(9)19)17-14(20)11-7-16-18-5-4-15-8-12(11)18/h2-8,19H,1H3,(H,17,20). The second-order valence-corrected chi connectivity index (χ2v) is 4.42. The molecule has 0 atom stereocenters. The first-order valence-electron chi connectivity index (χ1n) is 6.03. The van der Waals surface area contributed by atoms with Gasteiger partial charge in [0.05, 0.1) is 23.5 Å². The summed E-state index contributed by atoms with van der Waals surface area (Å²) < 4.78 is 1.58. The molecule has 1 amide bonds. The average Bonchev–Trinajstić information content (AvgIpc) is 2.87. The number of phenolic OH excluding ortho intramolecular Hbond substituents is 1. The molecule has 0 aliphatic heterocycles. The number of hydrogen-bond acceptors (Lipinski definition) is 4. The molecule has 0 fully saturated rings. The lowest BCUT2D eigenvalue weighted by Gasteiger charge is -2.06. The molecular formula is C14H12N4O2. The van der Waals surface area contributed by atoms with Gasteiger partial charge in [0.25, 0.3) is 5.91 Å². The van der Waals surface area contributed by atoms with Crippen molar-refractivity contribution in [3.63, 3.8) is 0 Å². The number of aromatic hydroxyl groups is 1. The van der Waals surface area contributed by atoms with Gasteiger partial charge in [0.1, 0.15) is 5.75 Å². The van der Waals surface area contributed by atoms with E-state index in [-0.39, 0.29) is 11.7 Å². The number of carbonyl (C=O) groups excluding carboxylic acids is 1. The minimum Gasteiger partial charge on any atom is -0.508 e. The SMILES string of the molecule is Cc1ccc(NC(=O)c2cnn3ccncc23)cc1O. The monoisotopic (exact) mass is 268 g/mol. The van der Waals surface area contributed by atoms with E-state index in [1.54, 1.807) is 42.2 Å². The number of phenols is 1. The molecule has 2 heterocycles. The summed E-state index contributed by atoms with van der Waals surface area (Å²) >= 11 is 0. The fourth-order valence-electron chi connectivity index (χ4n) is 1.89. The van der Waals surface area contributed by atoms with Gasteiger partial charge in [-0.25, -0.2) is 4.52 Å². The minimum absolute atomic E-state index is 0.143. The third kappa shape index (κ3) is 2.07. The van der Waals surface area contributed by atoms with Crippen molar-refractivity contribution in [2.75, 3.05) is 5.32 Å². The number of hydrogen-bond donors (Lipinski definition) is 2. The van der Waals surface area contributed by atoms with Crippen LogP contribution in [0.5, 0.6) is 5.75 Å². The topological polar surface area (TPSA) is 79.5 Å². The number of aromatic nitrogens is 3. The van der Waals surface area contributed by atoms with Gasteiger partial charge in [-0.1, -0.05) is 6.07 Å². The van der Waals surface area contributed by atoms with Crippen LogP contribution in [0.4, 0.5) is 5.69 Å². The highest BCUT2D eigenvalue weighted by molar-refractivity contribution is 6.08. The lowest BCUT2D eigenvalue weighted by atomic mass is 10.2. The number of amides is 1. The third-order valence-corrected chi connectivity index (χ3v) is 3.04. The Bertz CT molecular complexity index is 795. The fourth-order valence-corrected chi connectivity index (χ4v) is 1.89. The van der Waals surface area contributed by atoms with Gasteiger partial charge >= 0.3 is 0 Å². The molecule has 0 saturated carbocycles. The summed E-state index contributed by atoms with van der Waals surface area (Å²) in [5.74, 6) is -0.152. The van der Waals surface area contributed by atoms with Crippen molar-refractivity contribution in [3.05, 3.63) is 54.1 Å². The van der Waals surface area contributed by atoms with Gasteiger partial charge in [-0.15, -0.1) is 0 Å². The Morgan fingerprint density at radius 1 is 1.35 bits per heavy atom. The summed E-state index contributed by atoms with van der Waals surface area (Å²) in [7, 11) is 0. The first-order chi connectivity index (χ1) is 9.65. The van der Waals surface area contributed by atoms with Crippen LogP contribution in [0.15, 0.2) is 43.0 Å². The Labute approximate surface area is 114 Å². The number of fused-ring (bicyclic) bond motifs is 1. The number of rotatable bonds is 2. The summed E-state index contributed by atoms with van der Waals surface area (Å²) in [5, 5.41) is 16.4. The van der Waals surface area contributed by atoms with Crippen LogP contribution in [-0.2, 0) is 0 Å². The molecule has 0 bridgehead atoms. The maximum absolute atomic E-state index is 12.2. The van der Waals surface area contributed by atoms with E-state index in [1.807, 2.05) is 0 Å². The Morgan fingerprint density at radius 2 is 2.20 bits per heavy atom. The van der Waals surface area contributed by atoms with Crippen LogP contribution < -0.4 is 5.32 Å². The highest BCUT2D eigenvalue weighted by Gasteiger charge is 2.13. The van der Waals surface area contributed by atoms with E-state index >= 15 is 0 Å². The summed E-state index contributed by atoms with van der Waals surface area (Å²) in [6.07, 6.45) is 6.33. The molecule has 2 aromatic heterocycles. The van der Waals surface area contributed by atoms with Gasteiger partial charge < -0.3 is 10.4 Å². The predicted molar refractivity (Wildman–Crippen MR) is 73.8 cm³/mol. The summed E-state index contributed by atoms with van der Waals surface area (Å²) in [5.41, 5.74) is 2.34. The Morgan fingerprint density at radius 3 is 3.00 bits per heavy atom. The molecule has 0 aliphatic carbocycles. The Kier molecular flexibility index (Phi) is 2.83. The number of carbonyl (C=O) groups is 1. The molecule has 0 aliphatic rings. The van der Waals surface area contributed by atoms with Crippen molar-refractivity contribution in [1.82, 2.24) is 14.6 Å². The highest BCUT2D eigenvalue weighted by Crippen LogP contribution is 2.21. The van der Waals surface area contributed by atoms with E-state index in [2.05, 4.69) is 15.4 Å². The maximum Gasteiger partial charge on any atom is 0.259 e. The zero-order valence-electron chi connectivity index (χ0n) is 10.7. The van der Waals surface area contributed by atoms with E-state index in [1.165, 1.54) is 12.3 Å². The zero-order valence-corrected chi connectivity index (χ0v) is 10.7. The first kappa shape index (κ1) is 12.2. The van der Waals surface area contributed by atoms with E-state index < -0.39 is 0 Å². The molecule has 100 valence electrons. The van der Waals surface area contributed by atoms with Gasteiger partial charge in [0.2, 0.25) is 0 Å². The molecule has 6 heteroatoms. The van der Waals surface area contributed by atoms with Gasteiger partial charge in [-0.3, -0.25) is 9.78 Å². The second-order valence-electron chi connectivity index (χ2n) is 4.42. The molecule has 20 heavy (non-hydrogen) atoms. The van der Waals surface area contributed by atoms with Crippen LogP contribution in [0.3, 0.4) is 0 Å².